The van der Waals surface area contributed by atoms with Crippen LogP contribution < -0.4 is 0 Å². The second kappa shape index (κ2) is 6.48. The number of ether oxygens (including phenoxy) is 1. The number of ketones is 1. The van der Waals surface area contributed by atoms with Crippen molar-refractivity contribution < 1.29 is 9.53 Å². The van der Waals surface area contributed by atoms with Crippen molar-refractivity contribution in [1.29, 1.82) is 0 Å². The molecule has 0 bridgehead atoms. The number of hydrogen-bond acceptors (Lipinski definition) is 3. The minimum atomic E-state index is -0.732. The lowest BCUT2D eigenvalue weighted by molar-refractivity contribution is -0.0257. The number of Topliss-reactive ketones (excluding diaryl/α,β-unsaturated/α-hetero) is 1. The summed E-state index contributed by atoms with van der Waals surface area (Å²) in [6, 6.07) is 0. The van der Waals surface area contributed by atoms with Crippen molar-refractivity contribution in [2.45, 2.75) is 52.7 Å². The predicted molar refractivity (Wildman–Crippen MR) is 74.9 cm³/mol. The molecule has 18 heavy (non-hydrogen) atoms. The van der Waals surface area contributed by atoms with E-state index in [1.807, 2.05) is 27.7 Å². The second-order valence-electron chi connectivity index (χ2n) is 4.12. The number of carbonyl (C=O) groups is 1. The average Bonchev–Trinajstić information content (AvgIpc) is 2.76. The Bertz CT molecular complexity index is 411. The molecule has 0 aliphatic rings. The Morgan fingerprint density at radius 3 is 2.44 bits per heavy atom. The molecule has 1 rings (SSSR count). The topological polar surface area (TPSA) is 44.1 Å². The Morgan fingerprint density at radius 2 is 2.00 bits per heavy atom. The van der Waals surface area contributed by atoms with Gasteiger partial charge in [-0.3, -0.25) is 9.48 Å². The number of carbonyl (C=O) groups excluding carboxylic acids is 1. The normalized spacial score (nSPS) is 11.8. The van der Waals surface area contributed by atoms with E-state index in [0.717, 1.165) is 4.47 Å². The second-order valence-corrected chi connectivity index (χ2v) is 4.97. The molecule has 1 aromatic heterocycles. The zero-order chi connectivity index (χ0) is 13.8. The van der Waals surface area contributed by atoms with E-state index in [4.69, 9.17) is 4.74 Å². The van der Waals surface area contributed by atoms with Crippen LogP contribution in [-0.2, 0) is 11.3 Å². The first-order chi connectivity index (χ1) is 8.56. The molecule has 0 aromatic carbocycles. The van der Waals surface area contributed by atoms with Crippen molar-refractivity contribution in [2.75, 3.05) is 6.61 Å². The molecule has 0 amide bonds. The summed E-state index contributed by atoms with van der Waals surface area (Å²) in [7, 11) is 0. The summed E-state index contributed by atoms with van der Waals surface area (Å²) < 4.78 is 8.21. The molecule has 0 N–H and O–H groups in total. The zero-order valence-electron chi connectivity index (χ0n) is 11.5. The van der Waals surface area contributed by atoms with Crippen LogP contribution in [0.4, 0.5) is 0 Å². The maximum atomic E-state index is 12.8. The summed E-state index contributed by atoms with van der Waals surface area (Å²) in [4.78, 5) is 12.8. The van der Waals surface area contributed by atoms with Crippen LogP contribution in [0.3, 0.4) is 0 Å². The van der Waals surface area contributed by atoms with E-state index in [9.17, 15) is 4.79 Å². The molecule has 0 aliphatic carbocycles. The molecule has 0 spiro atoms. The third-order valence-electron chi connectivity index (χ3n) is 3.29. The third kappa shape index (κ3) is 2.67. The summed E-state index contributed by atoms with van der Waals surface area (Å²) in [6.45, 7) is 9.05. The average molecular weight is 317 g/mol. The van der Waals surface area contributed by atoms with E-state index >= 15 is 0 Å². The summed E-state index contributed by atoms with van der Waals surface area (Å²) >= 11 is 3.40. The number of hydrogen-bond donors (Lipinski definition) is 0. The molecule has 5 heteroatoms. The van der Waals surface area contributed by atoms with Crippen molar-refractivity contribution in [1.82, 2.24) is 9.78 Å². The largest absolute Gasteiger partial charge is 0.367 e. The lowest BCUT2D eigenvalue weighted by Gasteiger charge is -2.30. The summed E-state index contributed by atoms with van der Waals surface area (Å²) in [5, 5.41) is 4.19. The fraction of sp³-hybridized carbons (Fsp3) is 0.692. The van der Waals surface area contributed by atoms with E-state index in [2.05, 4.69) is 21.0 Å². The van der Waals surface area contributed by atoms with Gasteiger partial charge in [-0.1, -0.05) is 13.8 Å². The van der Waals surface area contributed by atoms with Crippen LogP contribution in [0.15, 0.2) is 10.7 Å². The zero-order valence-corrected chi connectivity index (χ0v) is 13.1. The fourth-order valence-corrected chi connectivity index (χ4v) is 2.64. The van der Waals surface area contributed by atoms with E-state index in [-0.39, 0.29) is 5.78 Å². The highest BCUT2D eigenvalue weighted by atomic mass is 79.9. The SMILES string of the molecule is CCOC(CC)(CC)C(=O)c1c(Br)cnn1CC. The Kier molecular flexibility index (Phi) is 5.53. The molecule has 0 aliphatic heterocycles. The van der Waals surface area contributed by atoms with Gasteiger partial charge in [-0.25, -0.2) is 0 Å². The molecule has 4 nitrogen and oxygen atoms in total. The van der Waals surface area contributed by atoms with Crippen LogP contribution >= 0.6 is 15.9 Å². The molecular weight excluding hydrogens is 296 g/mol. The fourth-order valence-electron chi connectivity index (χ4n) is 2.16. The van der Waals surface area contributed by atoms with Crippen LogP contribution in [0.2, 0.25) is 0 Å². The third-order valence-corrected chi connectivity index (χ3v) is 3.87. The lowest BCUT2D eigenvalue weighted by Crippen LogP contribution is -2.41. The number of halogens is 1. The van der Waals surface area contributed by atoms with Crippen LogP contribution in [0.1, 0.15) is 51.0 Å². The smallest absolute Gasteiger partial charge is 0.213 e. The maximum Gasteiger partial charge on any atom is 0.213 e. The highest BCUT2D eigenvalue weighted by Gasteiger charge is 2.38. The van der Waals surface area contributed by atoms with Crippen LogP contribution in [0.25, 0.3) is 0 Å². The van der Waals surface area contributed by atoms with Gasteiger partial charge in [0.25, 0.3) is 0 Å². The maximum absolute atomic E-state index is 12.8. The van der Waals surface area contributed by atoms with Gasteiger partial charge in [0.2, 0.25) is 5.78 Å². The first kappa shape index (κ1) is 15.4. The van der Waals surface area contributed by atoms with Crippen LogP contribution in [-0.4, -0.2) is 27.8 Å². The summed E-state index contributed by atoms with van der Waals surface area (Å²) in [5.41, 5.74) is -0.126. The predicted octanol–water partition coefficient (Wildman–Crippen LogP) is 3.44. The quantitative estimate of drug-likeness (QED) is 0.724. The minimum absolute atomic E-state index is 0.0144. The Hall–Kier alpha value is -0.680. The highest BCUT2D eigenvalue weighted by molar-refractivity contribution is 9.10. The molecule has 0 radical (unpaired) electrons. The van der Waals surface area contributed by atoms with Crippen molar-refractivity contribution in [3.05, 3.63) is 16.4 Å². The van der Waals surface area contributed by atoms with E-state index in [1.165, 1.54) is 0 Å². The minimum Gasteiger partial charge on any atom is -0.367 e. The lowest BCUT2D eigenvalue weighted by atomic mass is 9.90. The highest BCUT2D eigenvalue weighted by Crippen LogP contribution is 2.29. The number of nitrogens with zero attached hydrogens (tertiary/aromatic N) is 2. The van der Waals surface area contributed by atoms with E-state index in [1.54, 1.807) is 10.9 Å². The van der Waals surface area contributed by atoms with Crippen molar-refractivity contribution in [3.8, 4) is 0 Å². The Balaban J connectivity index is 3.21. The Labute approximate surface area is 117 Å². The molecule has 0 saturated heterocycles. The molecule has 1 heterocycles. The van der Waals surface area contributed by atoms with E-state index in [0.29, 0.717) is 31.7 Å². The molecular formula is C13H21BrN2O2. The monoisotopic (exact) mass is 316 g/mol. The Morgan fingerprint density at radius 1 is 1.39 bits per heavy atom. The van der Waals surface area contributed by atoms with Gasteiger partial charge >= 0.3 is 0 Å². The van der Waals surface area contributed by atoms with Gasteiger partial charge < -0.3 is 4.74 Å². The van der Waals surface area contributed by atoms with Gasteiger partial charge in [-0.15, -0.1) is 0 Å². The van der Waals surface area contributed by atoms with Crippen molar-refractivity contribution in [3.63, 3.8) is 0 Å². The van der Waals surface area contributed by atoms with Crippen LogP contribution in [0, 0.1) is 0 Å². The van der Waals surface area contributed by atoms with Gasteiger partial charge in [-0.05, 0) is 42.6 Å². The van der Waals surface area contributed by atoms with E-state index < -0.39 is 5.60 Å². The summed E-state index contributed by atoms with van der Waals surface area (Å²) in [6.07, 6.45) is 2.99. The molecule has 0 unspecified atom stereocenters. The first-order valence-electron chi connectivity index (χ1n) is 6.46. The molecule has 0 atom stereocenters. The van der Waals surface area contributed by atoms with Crippen molar-refractivity contribution in [2.24, 2.45) is 0 Å². The first-order valence-corrected chi connectivity index (χ1v) is 7.25. The van der Waals surface area contributed by atoms with Gasteiger partial charge in [-0.2, -0.15) is 5.10 Å². The van der Waals surface area contributed by atoms with Crippen LogP contribution in [0.5, 0.6) is 0 Å². The number of rotatable bonds is 7. The molecule has 0 fully saturated rings. The van der Waals surface area contributed by atoms with Gasteiger partial charge in [0.05, 0.1) is 10.7 Å². The summed E-state index contributed by atoms with van der Waals surface area (Å²) in [5.74, 6) is 0.0144. The van der Waals surface area contributed by atoms with Gasteiger partial charge in [0.15, 0.2) is 0 Å². The van der Waals surface area contributed by atoms with Gasteiger partial charge in [0.1, 0.15) is 11.3 Å². The van der Waals surface area contributed by atoms with Crippen molar-refractivity contribution >= 4 is 21.7 Å². The number of aromatic nitrogens is 2. The molecule has 0 saturated carbocycles. The van der Waals surface area contributed by atoms with Gasteiger partial charge in [0, 0.05) is 13.2 Å². The number of aryl methyl sites for hydroxylation is 1. The molecule has 102 valence electrons. The standard InChI is InChI=1S/C13H21BrN2O2/c1-5-13(6-2,18-8-4)12(17)11-10(14)9-15-16(11)7-3/h9H,5-8H2,1-4H3. The molecule has 1 aromatic rings.